The van der Waals surface area contributed by atoms with E-state index >= 15 is 0 Å². The van der Waals surface area contributed by atoms with Crippen molar-refractivity contribution in [3.05, 3.63) is 26.7 Å². The Labute approximate surface area is 163 Å². The van der Waals surface area contributed by atoms with Gasteiger partial charge in [-0.2, -0.15) is 0 Å². The maximum Gasteiger partial charge on any atom is 0.250 e. The third-order valence-corrected chi connectivity index (χ3v) is 11.1. The molecule has 0 unspecified atom stereocenters. The molecule has 1 rings (SSSR count). The highest BCUT2D eigenvalue weighted by atomic mass is 79.9. The molecule has 1 aromatic heterocycles. The number of rotatable bonds is 5. The zero-order chi connectivity index (χ0) is 19.8. The van der Waals surface area contributed by atoms with Gasteiger partial charge in [-0.25, -0.2) is 0 Å². The second kappa shape index (κ2) is 7.33. The summed E-state index contributed by atoms with van der Waals surface area (Å²) in [6.45, 7) is 21.0. The van der Waals surface area contributed by atoms with Gasteiger partial charge >= 0.3 is 0 Å². The summed E-state index contributed by atoms with van der Waals surface area (Å²) in [5.41, 5.74) is -0.816. The number of hydrogen-bond acceptors (Lipinski definition) is 4. The van der Waals surface area contributed by atoms with Crippen molar-refractivity contribution in [3.8, 4) is 5.75 Å². The molecule has 25 heavy (non-hydrogen) atoms. The number of hydrogen-bond donors (Lipinski definition) is 0. The molecule has 0 aromatic carbocycles. The number of halogens is 1. The fourth-order valence-electron chi connectivity index (χ4n) is 1.72. The molecular weight excluding hydrogens is 416 g/mol. The van der Waals surface area contributed by atoms with Crippen molar-refractivity contribution in [1.82, 2.24) is 0 Å². The van der Waals surface area contributed by atoms with Crippen LogP contribution in [0.25, 0.3) is 0 Å². The molecule has 1 heterocycles. The lowest BCUT2D eigenvalue weighted by Crippen LogP contribution is -2.45. The van der Waals surface area contributed by atoms with E-state index in [4.69, 9.17) is 13.3 Å². The van der Waals surface area contributed by atoms with Gasteiger partial charge in [-0.3, -0.25) is 4.79 Å². The van der Waals surface area contributed by atoms with Gasteiger partial charge in [0.05, 0.1) is 0 Å². The summed E-state index contributed by atoms with van der Waals surface area (Å²) >= 11 is 3.39. The Hall–Kier alpha value is -0.376. The second-order valence-electron chi connectivity index (χ2n) is 9.80. The monoisotopic (exact) mass is 448 g/mol. The van der Waals surface area contributed by atoms with Gasteiger partial charge in [-0.05, 0) is 52.9 Å². The molecule has 0 N–H and O–H groups in total. The lowest BCUT2D eigenvalue weighted by Gasteiger charge is -2.36. The summed E-state index contributed by atoms with van der Waals surface area (Å²) in [4.78, 5) is 12.7. The Morgan fingerprint density at radius 3 is 2.00 bits per heavy atom. The first kappa shape index (κ1) is 22.7. The zero-order valence-corrected chi connectivity index (χ0v) is 21.3. The highest BCUT2D eigenvalue weighted by Gasteiger charge is 2.40. The van der Waals surface area contributed by atoms with Crippen molar-refractivity contribution < 1.29 is 13.3 Å². The SMILES string of the molecule is CC(C)(C)[SiH2]OC(C)(C)c1cc(=O)c(O[Si](C)(C)C(C)(C)C)c(Br)o1. The van der Waals surface area contributed by atoms with E-state index < -0.39 is 23.7 Å². The van der Waals surface area contributed by atoms with E-state index in [0.717, 1.165) is 0 Å². The van der Waals surface area contributed by atoms with Gasteiger partial charge in [0.25, 0.3) is 8.32 Å². The van der Waals surface area contributed by atoms with Crippen LogP contribution in [0.4, 0.5) is 0 Å². The molecule has 0 aliphatic heterocycles. The molecule has 0 spiro atoms. The van der Waals surface area contributed by atoms with E-state index in [2.05, 4.69) is 70.6 Å². The van der Waals surface area contributed by atoms with E-state index in [0.29, 0.717) is 10.4 Å². The molecule has 1 aromatic rings. The fraction of sp³-hybridized carbons (Fsp3) is 0.722. The molecule has 0 aliphatic carbocycles. The topological polar surface area (TPSA) is 48.7 Å². The van der Waals surface area contributed by atoms with Crippen LogP contribution in [0.15, 0.2) is 19.9 Å². The van der Waals surface area contributed by atoms with Gasteiger partial charge in [0.1, 0.15) is 11.4 Å². The standard InChI is InChI=1S/C18H33BrO4Si2/c1-16(2,3)24-23-18(7,8)13-11-12(20)14(15(19)21-13)22-25(9,10)17(4,5)6/h11H,24H2,1-10H3. The molecule has 144 valence electrons. The molecule has 0 aliphatic rings. The van der Waals surface area contributed by atoms with Crippen molar-refractivity contribution in [2.24, 2.45) is 0 Å². The summed E-state index contributed by atoms with van der Waals surface area (Å²) < 4.78 is 18.5. The molecule has 0 bridgehead atoms. The van der Waals surface area contributed by atoms with Crippen LogP contribution in [0.3, 0.4) is 0 Å². The molecule has 0 saturated carbocycles. The average Bonchev–Trinajstić information content (AvgIpc) is 2.38. The van der Waals surface area contributed by atoms with Gasteiger partial charge in [0, 0.05) is 6.07 Å². The van der Waals surface area contributed by atoms with Crippen LogP contribution >= 0.6 is 15.9 Å². The third kappa shape index (κ3) is 6.08. The first-order valence-electron chi connectivity index (χ1n) is 8.63. The lowest BCUT2D eigenvalue weighted by molar-refractivity contribution is 0.0787. The normalized spacial score (nSPS) is 14.4. The van der Waals surface area contributed by atoms with E-state index in [1.807, 2.05) is 13.8 Å². The Morgan fingerprint density at radius 2 is 1.60 bits per heavy atom. The maximum absolute atomic E-state index is 12.7. The smallest absolute Gasteiger partial charge is 0.250 e. The van der Waals surface area contributed by atoms with E-state index in [9.17, 15) is 4.79 Å². The summed E-state index contributed by atoms with van der Waals surface area (Å²) in [7, 11) is -2.91. The molecule has 0 radical (unpaired) electrons. The summed E-state index contributed by atoms with van der Waals surface area (Å²) in [6.07, 6.45) is 0. The highest BCUT2D eigenvalue weighted by molar-refractivity contribution is 9.10. The summed E-state index contributed by atoms with van der Waals surface area (Å²) in [5.74, 6) is 0.780. The van der Waals surface area contributed by atoms with Crippen LogP contribution in [0.2, 0.25) is 23.2 Å². The van der Waals surface area contributed by atoms with Crippen molar-refractivity contribution in [2.75, 3.05) is 0 Å². The molecule has 0 amide bonds. The molecule has 4 nitrogen and oxygen atoms in total. The van der Waals surface area contributed by atoms with Crippen molar-refractivity contribution in [1.29, 1.82) is 0 Å². The Kier molecular flexibility index (Phi) is 6.64. The Bertz CT molecular complexity index is 667. The average molecular weight is 450 g/mol. The van der Waals surface area contributed by atoms with Crippen molar-refractivity contribution in [2.45, 2.75) is 84.2 Å². The minimum atomic E-state index is -2.13. The Balaban J connectivity index is 3.17. The molecule has 0 saturated heterocycles. The van der Waals surface area contributed by atoms with Crippen molar-refractivity contribution in [3.63, 3.8) is 0 Å². The van der Waals surface area contributed by atoms with Gasteiger partial charge in [0.2, 0.25) is 15.8 Å². The van der Waals surface area contributed by atoms with Gasteiger partial charge in [0.15, 0.2) is 9.76 Å². The van der Waals surface area contributed by atoms with Crippen LogP contribution in [-0.4, -0.2) is 18.1 Å². The predicted molar refractivity (Wildman–Crippen MR) is 113 cm³/mol. The zero-order valence-electron chi connectivity index (χ0n) is 17.3. The van der Waals surface area contributed by atoms with Crippen LogP contribution < -0.4 is 9.85 Å². The summed E-state index contributed by atoms with van der Waals surface area (Å²) in [6, 6.07) is 1.50. The van der Waals surface area contributed by atoms with Crippen LogP contribution in [0.1, 0.15) is 61.2 Å². The van der Waals surface area contributed by atoms with Crippen LogP contribution in [0.5, 0.6) is 5.75 Å². The highest BCUT2D eigenvalue weighted by Crippen LogP contribution is 2.39. The van der Waals surface area contributed by atoms with Gasteiger partial charge in [-0.1, -0.05) is 41.5 Å². The van der Waals surface area contributed by atoms with E-state index in [1.54, 1.807) is 0 Å². The first-order valence-corrected chi connectivity index (χ1v) is 13.6. The fourth-order valence-corrected chi connectivity index (χ4v) is 4.26. The van der Waals surface area contributed by atoms with Gasteiger partial charge in [-0.15, -0.1) is 0 Å². The van der Waals surface area contributed by atoms with E-state index in [1.165, 1.54) is 6.07 Å². The van der Waals surface area contributed by atoms with Gasteiger partial charge < -0.3 is 13.3 Å². The second-order valence-corrected chi connectivity index (χ2v) is 17.9. The molecule has 0 atom stereocenters. The largest absolute Gasteiger partial charge is 0.538 e. The molecular formula is C18H33BrO4Si2. The predicted octanol–water partition coefficient (Wildman–Crippen LogP) is 5.34. The van der Waals surface area contributed by atoms with Crippen LogP contribution in [-0.2, 0) is 10.0 Å². The summed E-state index contributed by atoms with van der Waals surface area (Å²) in [5, 5.41) is 0.165. The van der Waals surface area contributed by atoms with E-state index in [-0.39, 0.29) is 21.3 Å². The third-order valence-electron chi connectivity index (χ3n) is 4.49. The minimum absolute atomic E-state index is 0.00174. The minimum Gasteiger partial charge on any atom is -0.538 e. The lowest BCUT2D eigenvalue weighted by atomic mass is 10.1. The molecule has 7 heteroatoms. The quantitative estimate of drug-likeness (QED) is 0.570. The molecule has 0 fully saturated rings. The Morgan fingerprint density at radius 1 is 1.08 bits per heavy atom. The first-order chi connectivity index (χ1) is 11.0. The van der Waals surface area contributed by atoms with Crippen molar-refractivity contribution >= 4 is 34.0 Å². The maximum atomic E-state index is 12.7. The van der Waals surface area contributed by atoms with Crippen LogP contribution in [0, 0.1) is 0 Å².